The highest BCUT2D eigenvalue weighted by atomic mass is 79.9. The van der Waals surface area contributed by atoms with Crippen LogP contribution in [0.25, 0.3) is 11.3 Å². The van der Waals surface area contributed by atoms with Crippen LogP contribution < -0.4 is 4.74 Å². The van der Waals surface area contributed by atoms with E-state index < -0.39 is 0 Å². The number of hydrogen-bond acceptors (Lipinski definition) is 3. The van der Waals surface area contributed by atoms with E-state index in [1.807, 2.05) is 6.07 Å². The second-order valence-electron chi connectivity index (χ2n) is 3.64. The number of hydrogen-bond donors (Lipinski definition) is 0. The Morgan fingerprint density at radius 2 is 2.24 bits per heavy atom. The SMILES string of the molecule is CCc1cc(-c2csc(CBr)n2)ccc1OC. The van der Waals surface area contributed by atoms with Gasteiger partial charge < -0.3 is 4.74 Å². The van der Waals surface area contributed by atoms with Gasteiger partial charge in [0.2, 0.25) is 0 Å². The summed E-state index contributed by atoms with van der Waals surface area (Å²) in [4.78, 5) is 4.56. The summed E-state index contributed by atoms with van der Waals surface area (Å²) in [5.74, 6) is 0.951. The molecule has 0 amide bonds. The van der Waals surface area contributed by atoms with Crippen molar-refractivity contribution >= 4 is 27.3 Å². The third-order valence-electron chi connectivity index (χ3n) is 2.62. The molecule has 2 rings (SSSR count). The average Bonchev–Trinajstić information content (AvgIpc) is 2.86. The molecule has 0 spiro atoms. The molecule has 0 aliphatic carbocycles. The van der Waals surface area contributed by atoms with Crippen molar-refractivity contribution in [2.75, 3.05) is 7.11 Å². The van der Waals surface area contributed by atoms with Crippen molar-refractivity contribution in [2.24, 2.45) is 0 Å². The second-order valence-corrected chi connectivity index (χ2v) is 5.14. The Hall–Kier alpha value is -0.870. The zero-order valence-corrected chi connectivity index (χ0v) is 12.3. The summed E-state index contributed by atoms with van der Waals surface area (Å²) in [6.45, 7) is 2.13. The summed E-state index contributed by atoms with van der Waals surface area (Å²) in [5.41, 5.74) is 3.42. The molecule has 0 saturated carbocycles. The van der Waals surface area contributed by atoms with Crippen molar-refractivity contribution < 1.29 is 4.74 Å². The number of halogens is 1. The fourth-order valence-corrected chi connectivity index (χ4v) is 2.89. The van der Waals surface area contributed by atoms with Crippen LogP contribution >= 0.6 is 27.3 Å². The fourth-order valence-electron chi connectivity index (χ4n) is 1.72. The maximum Gasteiger partial charge on any atom is 0.122 e. The Bertz CT molecular complexity index is 510. The van der Waals surface area contributed by atoms with Crippen LogP contribution in [0, 0.1) is 0 Å². The van der Waals surface area contributed by atoms with Crippen molar-refractivity contribution in [2.45, 2.75) is 18.7 Å². The molecule has 4 heteroatoms. The van der Waals surface area contributed by atoms with Gasteiger partial charge in [0.25, 0.3) is 0 Å². The van der Waals surface area contributed by atoms with Crippen LogP contribution in [0.5, 0.6) is 5.75 Å². The molecule has 1 aromatic heterocycles. The zero-order valence-electron chi connectivity index (χ0n) is 9.87. The Morgan fingerprint density at radius 3 is 2.82 bits per heavy atom. The van der Waals surface area contributed by atoms with E-state index in [-0.39, 0.29) is 0 Å². The van der Waals surface area contributed by atoms with Gasteiger partial charge in [-0.1, -0.05) is 22.9 Å². The Morgan fingerprint density at radius 1 is 1.41 bits per heavy atom. The molecular weight excluding hydrogens is 298 g/mol. The minimum absolute atomic E-state index is 0.814. The fraction of sp³-hybridized carbons (Fsp3) is 0.308. The molecule has 90 valence electrons. The largest absolute Gasteiger partial charge is 0.496 e. The molecule has 17 heavy (non-hydrogen) atoms. The van der Waals surface area contributed by atoms with E-state index in [9.17, 15) is 0 Å². The number of aromatic nitrogens is 1. The van der Waals surface area contributed by atoms with Crippen LogP contribution in [0.4, 0.5) is 0 Å². The number of alkyl halides is 1. The van der Waals surface area contributed by atoms with Gasteiger partial charge >= 0.3 is 0 Å². The molecule has 0 N–H and O–H groups in total. The highest BCUT2D eigenvalue weighted by Gasteiger charge is 2.07. The Kier molecular flexibility index (Phi) is 4.18. The predicted octanol–water partition coefficient (Wildman–Crippen LogP) is 4.28. The molecule has 1 heterocycles. The van der Waals surface area contributed by atoms with Gasteiger partial charge in [0.15, 0.2) is 0 Å². The number of aryl methyl sites for hydroxylation is 1. The van der Waals surface area contributed by atoms with Crippen molar-refractivity contribution in [3.8, 4) is 17.0 Å². The molecule has 0 unspecified atom stereocenters. The summed E-state index contributed by atoms with van der Waals surface area (Å²) in [7, 11) is 1.71. The van der Waals surface area contributed by atoms with Gasteiger partial charge in [0, 0.05) is 10.9 Å². The van der Waals surface area contributed by atoms with Crippen LogP contribution in [0.3, 0.4) is 0 Å². The molecule has 0 radical (unpaired) electrons. The second kappa shape index (κ2) is 5.65. The maximum atomic E-state index is 5.33. The summed E-state index contributed by atoms with van der Waals surface area (Å²) >= 11 is 5.10. The molecule has 0 fully saturated rings. The van der Waals surface area contributed by atoms with Crippen LogP contribution in [0.1, 0.15) is 17.5 Å². The molecule has 0 saturated heterocycles. The van der Waals surface area contributed by atoms with E-state index in [0.717, 1.165) is 33.8 Å². The summed E-state index contributed by atoms with van der Waals surface area (Å²) in [5, 5.41) is 4.01. The number of ether oxygens (including phenoxy) is 1. The van der Waals surface area contributed by atoms with E-state index in [1.54, 1.807) is 18.4 Å². The lowest BCUT2D eigenvalue weighted by Crippen LogP contribution is -1.91. The van der Waals surface area contributed by atoms with Gasteiger partial charge in [-0.05, 0) is 30.2 Å². The number of benzene rings is 1. The van der Waals surface area contributed by atoms with Crippen molar-refractivity contribution in [1.82, 2.24) is 4.98 Å². The molecule has 1 aromatic carbocycles. The van der Waals surface area contributed by atoms with Gasteiger partial charge in [-0.15, -0.1) is 11.3 Å². The number of methoxy groups -OCH3 is 1. The van der Waals surface area contributed by atoms with Crippen molar-refractivity contribution in [3.05, 3.63) is 34.2 Å². The quantitative estimate of drug-likeness (QED) is 0.786. The Balaban J connectivity index is 2.38. The first-order valence-corrected chi connectivity index (χ1v) is 7.46. The molecule has 0 aliphatic rings. The highest BCUT2D eigenvalue weighted by Crippen LogP contribution is 2.28. The molecule has 0 aliphatic heterocycles. The first kappa shape index (κ1) is 12.6. The standard InChI is InChI=1S/C13H14BrNOS/c1-3-9-6-10(4-5-12(9)16-2)11-8-17-13(7-14)15-11/h4-6,8H,3,7H2,1-2H3. The van der Waals surface area contributed by atoms with Gasteiger partial charge in [-0.2, -0.15) is 0 Å². The minimum atomic E-state index is 0.814. The van der Waals surface area contributed by atoms with E-state index in [2.05, 4.69) is 45.4 Å². The molecule has 0 bridgehead atoms. The lowest BCUT2D eigenvalue weighted by molar-refractivity contribution is 0.410. The zero-order chi connectivity index (χ0) is 12.3. The minimum Gasteiger partial charge on any atom is -0.496 e. The summed E-state index contributed by atoms with van der Waals surface area (Å²) in [6.07, 6.45) is 0.965. The first-order valence-electron chi connectivity index (χ1n) is 5.46. The molecule has 2 aromatic rings. The predicted molar refractivity (Wildman–Crippen MR) is 76.1 cm³/mol. The van der Waals surface area contributed by atoms with Gasteiger partial charge in [0.1, 0.15) is 10.8 Å². The lowest BCUT2D eigenvalue weighted by atomic mass is 10.1. The molecule has 0 atom stereocenters. The monoisotopic (exact) mass is 311 g/mol. The maximum absolute atomic E-state index is 5.33. The first-order chi connectivity index (χ1) is 8.28. The normalized spacial score (nSPS) is 10.5. The molecule has 2 nitrogen and oxygen atoms in total. The van der Waals surface area contributed by atoms with E-state index in [0.29, 0.717) is 0 Å². The smallest absolute Gasteiger partial charge is 0.122 e. The van der Waals surface area contributed by atoms with Crippen molar-refractivity contribution in [1.29, 1.82) is 0 Å². The number of rotatable bonds is 4. The molecular formula is C13H14BrNOS. The topological polar surface area (TPSA) is 22.1 Å². The van der Waals surface area contributed by atoms with E-state index >= 15 is 0 Å². The number of nitrogens with zero attached hydrogens (tertiary/aromatic N) is 1. The van der Waals surface area contributed by atoms with Crippen LogP contribution in [0.15, 0.2) is 23.6 Å². The van der Waals surface area contributed by atoms with Crippen LogP contribution in [0.2, 0.25) is 0 Å². The van der Waals surface area contributed by atoms with Crippen LogP contribution in [-0.2, 0) is 11.8 Å². The third-order valence-corrected chi connectivity index (χ3v) is 4.37. The highest BCUT2D eigenvalue weighted by molar-refractivity contribution is 9.08. The Labute approximate surface area is 114 Å². The summed E-state index contributed by atoms with van der Waals surface area (Å²) < 4.78 is 5.33. The summed E-state index contributed by atoms with van der Waals surface area (Å²) in [6, 6.07) is 6.23. The average molecular weight is 312 g/mol. The van der Waals surface area contributed by atoms with E-state index in [1.165, 1.54) is 5.56 Å². The number of thiazole rings is 1. The van der Waals surface area contributed by atoms with E-state index in [4.69, 9.17) is 4.74 Å². The van der Waals surface area contributed by atoms with Gasteiger partial charge in [0.05, 0.1) is 18.1 Å². The lowest BCUT2D eigenvalue weighted by Gasteiger charge is -2.07. The third kappa shape index (κ3) is 2.69. The van der Waals surface area contributed by atoms with Crippen LogP contribution in [-0.4, -0.2) is 12.1 Å². The van der Waals surface area contributed by atoms with Crippen molar-refractivity contribution in [3.63, 3.8) is 0 Å². The van der Waals surface area contributed by atoms with Gasteiger partial charge in [-0.25, -0.2) is 4.98 Å². The van der Waals surface area contributed by atoms with Gasteiger partial charge in [-0.3, -0.25) is 0 Å².